The maximum absolute atomic E-state index is 10.6. The number of carbonyl (C=O) groups is 1. The number of aliphatic carboxylic acids is 1. The van der Waals surface area contributed by atoms with Crippen LogP contribution in [0.15, 0.2) is 24.3 Å². The van der Waals surface area contributed by atoms with Gasteiger partial charge < -0.3 is 9.84 Å². The van der Waals surface area contributed by atoms with E-state index in [9.17, 15) is 4.79 Å². The monoisotopic (exact) mass is 263 g/mol. The largest absolute Gasteiger partial charge is 0.497 e. The summed E-state index contributed by atoms with van der Waals surface area (Å²) in [5.74, 6) is 0.166. The highest BCUT2D eigenvalue weighted by Crippen LogP contribution is 2.32. The Labute approximate surface area is 114 Å². The van der Waals surface area contributed by atoms with Crippen LogP contribution in [0, 0.1) is 0 Å². The molecule has 1 fully saturated rings. The Morgan fingerprint density at radius 2 is 2.16 bits per heavy atom. The number of benzene rings is 1. The SMILES string of the molecule is COc1ccc([C@@H]2CCCN2CCCC(=O)O)cc1. The molecular formula is C15H21NO3. The third kappa shape index (κ3) is 3.70. The number of carboxylic acid groups (broad SMARTS) is 1. The van der Waals surface area contributed by atoms with Gasteiger partial charge in [-0.3, -0.25) is 9.69 Å². The first-order valence-electron chi connectivity index (χ1n) is 6.80. The quantitative estimate of drug-likeness (QED) is 0.857. The number of rotatable bonds is 6. The number of methoxy groups -OCH3 is 1. The summed E-state index contributed by atoms with van der Waals surface area (Å²) in [6, 6.07) is 8.63. The number of likely N-dealkylation sites (tertiary alicyclic amines) is 1. The topological polar surface area (TPSA) is 49.8 Å². The zero-order chi connectivity index (χ0) is 13.7. The van der Waals surface area contributed by atoms with Gasteiger partial charge in [0.05, 0.1) is 7.11 Å². The maximum Gasteiger partial charge on any atom is 0.303 e. The molecule has 19 heavy (non-hydrogen) atoms. The summed E-state index contributed by atoms with van der Waals surface area (Å²) < 4.78 is 5.17. The normalized spacial score (nSPS) is 19.5. The van der Waals surface area contributed by atoms with Crippen molar-refractivity contribution in [2.45, 2.75) is 31.7 Å². The summed E-state index contributed by atoms with van der Waals surface area (Å²) in [4.78, 5) is 13.0. The minimum Gasteiger partial charge on any atom is -0.497 e. The zero-order valence-electron chi connectivity index (χ0n) is 11.3. The smallest absolute Gasteiger partial charge is 0.303 e. The van der Waals surface area contributed by atoms with E-state index in [4.69, 9.17) is 9.84 Å². The average molecular weight is 263 g/mol. The summed E-state index contributed by atoms with van der Waals surface area (Å²) in [5.41, 5.74) is 1.30. The van der Waals surface area contributed by atoms with E-state index in [-0.39, 0.29) is 6.42 Å². The van der Waals surface area contributed by atoms with Crippen molar-refractivity contribution in [1.82, 2.24) is 4.90 Å². The molecule has 1 aliphatic heterocycles. The Balaban J connectivity index is 1.95. The van der Waals surface area contributed by atoms with Crippen LogP contribution in [-0.2, 0) is 4.79 Å². The minimum absolute atomic E-state index is 0.256. The Hall–Kier alpha value is -1.55. The lowest BCUT2D eigenvalue weighted by Crippen LogP contribution is -2.24. The lowest BCUT2D eigenvalue weighted by atomic mass is 10.0. The fraction of sp³-hybridized carbons (Fsp3) is 0.533. The van der Waals surface area contributed by atoms with Gasteiger partial charge in [-0.15, -0.1) is 0 Å². The second-order valence-electron chi connectivity index (χ2n) is 4.96. The van der Waals surface area contributed by atoms with Crippen molar-refractivity contribution < 1.29 is 14.6 Å². The zero-order valence-corrected chi connectivity index (χ0v) is 11.3. The van der Waals surface area contributed by atoms with E-state index in [1.165, 1.54) is 12.0 Å². The predicted molar refractivity (Wildman–Crippen MR) is 73.4 cm³/mol. The summed E-state index contributed by atoms with van der Waals surface area (Å²) in [7, 11) is 1.67. The van der Waals surface area contributed by atoms with Crippen LogP contribution in [0.25, 0.3) is 0 Å². The Morgan fingerprint density at radius 1 is 1.42 bits per heavy atom. The van der Waals surface area contributed by atoms with Crippen LogP contribution in [0.5, 0.6) is 5.75 Å². The van der Waals surface area contributed by atoms with Crippen LogP contribution in [-0.4, -0.2) is 36.2 Å². The van der Waals surface area contributed by atoms with E-state index in [1.807, 2.05) is 12.1 Å². The lowest BCUT2D eigenvalue weighted by Gasteiger charge is -2.24. The van der Waals surface area contributed by atoms with Gasteiger partial charge in [0.2, 0.25) is 0 Å². The molecule has 1 saturated heterocycles. The van der Waals surface area contributed by atoms with Crippen molar-refractivity contribution in [3.63, 3.8) is 0 Å². The van der Waals surface area contributed by atoms with Crippen molar-refractivity contribution in [2.24, 2.45) is 0 Å². The molecule has 2 rings (SSSR count). The number of nitrogens with zero attached hydrogens (tertiary/aromatic N) is 1. The summed E-state index contributed by atoms with van der Waals surface area (Å²) in [5, 5.41) is 8.70. The van der Waals surface area contributed by atoms with Gasteiger partial charge in [0.1, 0.15) is 5.75 Å². The van der Waals surface area contributed by atoms with Gasteiger partial charge in [0.25, 0.3) is 0 Å². The molecule has 104 valence electrons. The van der Waals surface area contributed by atoms with Gasteiger partial charge in [-0.2, -0.15) is 0 Å². The number of hydrogen-bond donors (Lipinski definition) is 1. The van der Waals surface area contributed by atoms with E-state index in [1.54, 1.807) is 7.11 Å². The molecule has 0 amide bonds. The average Bonchev–Trinajstić information content (AvgIpc) is 2.87. The minimum atomic E-state index is -0.708. The molecule has 0 aliphatic carbocycles. The first-order valence-corrected chi connectivity index (χ1v) is 6.80. The van der Waals surface area contributed by atoms with Crippen molar-refractivity contribution >= 4 is 5.97 Å². The molecule has 1 atom stereocenters. The second kappa shape index (κ2) is 6.57. The molecule has 4 heteroatoms. The van der Waals surface area contributed by atoms with E-state index in [0.29, 0.717) is 6.04 Å². The Morgan fingerprint density at radius 3 is 2.79 bits per heavy atom. The van der Waals surface area contributed by atoms with Crippen LogP contribution in [0.2, 0.25) is 0 Å². The Kier molecular flexibility index (Phi) is 4.80. The maximum atomic E-state index is 10.6. The van der Waals surface area contributed by atoms with Gasteiger partial charge in [-0.1, -0.05) is 12.1 Å². The van der Waals surface area contributed by atoms with E-state index >= 15 is 0 Å². The first kappa shape index (κ1) is 13.9. The van der Waals surface area contributed by atoms with Crippen LogP contribution >= 0.6 is 0 Å². The number of hydrogen-bond acceptors (Lipinski definition) is 3. The third-order valence-corrected chi connectivity index (χ3v) is 3.70. The number of ether oxygens (including phenoxy) is 1. The van der Waals surface area contributed by atoms with E-state index < -0.39 is 5.97 Å². The van der Waals surface area contributed by atoms with Crippen molar-refractivity contribution in [3.05, 3.63) is 29.8 Å². The van der Waals surface area contributed by atoms with E-state index in [0.717, 1.165) is 31.7 Å². The van der Waals surface area contributed by atoms with E-state index in [2.05, 4.69) is 17.0 Å². The second-order valence-corrected chi connectivity index (χ2v) is 4.96. The molecule has 1 aromatic rings. The highest BCUT2D eigenvalue weighted by Gasteiger charge is 2.25. The fourth-order valence-electron chi connectivity index (χ4n) is 2.73. The molecule has 0 bridgehead atoms. The lowest BCUT2D eigenvalue weighted by molar-refractivity contribution is -0.137. The summed E-state index contributed by atoms with van der Waals surface area (Å²) >= 11 is 0. The molecule has 0 spiro atoms. The molecule has 0 aromatic heterocycles. The van der Waals surface area contributed by atoms with Crippen LogP contribution < -0.4 is 4.74 Å². The van der Waals surface area contributed by atoms with Gasteiger partial charge in [0, 0.05) is 12.5 Å². The summed E-state index contributed by atoms with van der Waals surface area (Å²) in [6.07, 6.45) is 3.32. The van der Waals surface area contributed by atoms with Gasteiger partial charge in [-0.05, 0) is 50.0 Å². The molecule has 1 heterocycles. The van der Waals surface area contributed by atoms with Crippen LogP contribution in [0.4, 0.5) is 0 Å². The van der Waals surface area contributed by atoms with Crippen LogP contribution in [0.1, 0.15) is 37.3 Å². The Bertz CT molecular complexity index is 416. The molecule has 0 saturated carbocycles. The fourth-order valence-corrected chi connectivity index (χ4v) is 2.73. The third-order valence-electron chi connectivity index (χ3n) is 3.70. The molecule has 1 N–H and O–H groups in total. The molecule has 1 aliphatic rings. The first-order chi connectivity index (χ1) is 9.20. The van der Waals surface area contributed by atoms with Crippen LogP contribution in [0.3, 0.4) is 0 Å². The van der Waals surface area contributed by atoms with Gasteiger partial charge >= 0.3 is 5.97 Å². The van der Waals surface area contributed by atoms with Gasteiger partial charge in [0.15, 0.2) is 0 Å². The molecule has 0 radical (unpaired) electrons. The highest BCUT2D eigenvalue weighted by molar-refractivity contribution is 5.66. The predicted octanol–water partition coefficient (Wildman–Crippen LogP) is 2.70. The number of carboxylic acids is 1. The van der Waals surface area contributed by atoms with Crippen molar-refractivity contribution in [3.8, 4) is 5.75 Å². The molecule has 1 aromatic carbocycles. The highest BCUT2D eigenvalue weighted by atomic mass is 16.5. The summed E-state index contributed by atoms with van der Waals surface area (Å²) in [6.45, 7) is 1.93. The standard InChI is InChI=1S/C15H21NO3/c1-19-13-8-6-12(7-9-13)14-4-2-10-16(14)11-3-5-15(17)18/h6-9,14H,2-5,10-11H2,1H3,(H,17,18)/t14-/m0/s1. The molecule has 4 nitrogen and oxygen atoms in total. The van der Waals surface area contributed by atoms with Crippen molar-refractivity contribution in [1.29, 1.82) is 0 Å². The van der Waals surface area contributed by atoms with Crippen molar-refractivity contribution in [2.75, 3.05) is 20.2 Å². The molecule has 0 unspecified atom stereocenters. The van der Waals surface area contributed by atoms with Gasteiger partial charge in [-0.25, -0.2) is 0 Å². The molecular weight excluding hydrogens is 242 g/mol.